The predicted molar refractivity (Wildman–Crippen MR) is 128 cm³/mol. The van der Waals surface area contributed by atoms with Crippen LogP contribution >= 0.6 is 0 Å². The number of furan rings is 1. The van der Waals surface area contributed by atoms with E-state index in [0.717, 1.165) is 17.5 Å². The van der Waals surface area contributed by atoms with Crippen LogP contribution in [0.2, 0.25) is 0 Å². The molecule has 0 aliphatic heterocycles. The van der Waals surface area contributed by atoms with E-state index in [-0.39, 0.29) is 24.9 Å². The van der Waals surface area contributed by atoms with Gasteiger partial charge in [-0.05, 0) is 50.1 Å². The van der Waals surface area contributed by atoms with Crippen LogP contribution < -0.4 is 5.32 Å². The van der Waals surface area contributed by atoms with Crippen LogP contribution in [-0.2, 0) is 22.7 Å². The number of aromatic nitrogens is 3. The van der Waals surface area contributed by atoms with Gasteiger partial charge in [-0.25, -0.2) is 4.68 Å². The van der Waals surface area contributed by atoms with Crippen molar-refractivity contribution in [3.05, 3.63) is 84.3 Å². The van der Waals surface area contributed by atoms with E-state index in [1.807, 2.05) is 75.4 Å². The molecule has 0 saturated heterocycles. The second-order valence-corrected chi connectivity index (χ2v) is 8.88. The Labute approximate surface area is 198 Å². The molecule has 2 heterocycles. The molecule has 8 nitrogen and oxygen atoms in total. The van der Waals surface area contributed by atoms with Crippen molar-refractivity contribution in [1.29, 1.82) is 0 Å². The molecule has 0 aliphatic carbocycles. The van der Waals surface area contributed by atoms with E-state index in [1.54, 1.807) is 28.0 Å². The van der Waals surface area contributed by atoms with E-state index < -0.39 is 11.6 Å². The maximum atomic E-state index is 13.8. The third kappa shape index (κ3) is 5.17. The molecule has 0 bridgehead atoms. The molecule has 0 spiro atoms. The van der Waals surface area contributed by atoms with E-state index in [0.29, 0.717) is 11.3 Å². The van der Waals surface area contributed by atoms with E-state index in [2.05, 4.69) is 15.6 Å². The maximum Gasteiger partial charge on any atom is 0.247 e. The summed E-state index contributed by atoms with van der Waals surface area (Å²) in [6, 6.07) is 19.5. The molecular formula is C26H29N5O3. The van der Waals surface area contributed by atoms with Crippen LogP contribution in [0.5, 0.6) is 0 Å². The Kier molecular flexibility index (Phi) is 6.77. The molecule has 1 atom stereocenters. The number of hydrogen-bond donors (Lipinski definition) is 1. The Hall–Kier alpha value is -3.94. The van der Waals surface area contributed by atoms with Crippen molar-refractivity contribution in [3.8, 4) is 0 Å². The Morgan fingerprint density at radius 3 is 2.50 bits per heavy atom. The average Bonchev–Trinajstić information content (AvgIpc) is 3.49. The third-order valence-electron chi connectivity index (χ3n) is 5.95. The van der Waals surface area contributed by atoms with Gasteiger partial charge in [-0.15, -0.1) is 5.10 Å². The number of hydrogen-bond acceptors (Lipinski definition) is 5. The lowest BCUT2D eigenvalue weighted by molar-refractivity contribution is -0.143. The number of fused-ring (bicyclic) bond motifs is 1. The second kappa shape index (κ2) is 9.91. The zero-order chi connectivity index (χ0) is 24.1. The minimum Gasteiger partial charge on any atom is -0.467 e. The summed E-state index contributed by atoms with van der Waals surface area (Å²) in [6.07, 6.45) is 2.30. The van der Waals surface area contributed by atoms with Crippen LogP contribution in [0.4, 0.5) is 0 Å². The highest BCUT2D eigenvalue weighted by molar-refractivity contribution is 5.89. The minimum atomic E-state index is -0.848. The molecule has 2 amide bonds. The summed E-state index contributed by atoms with van der Waals surface area (Å²) in [7, 11) is 0. The van der Waals surface area contributed by atoms with Gasteiger partial charge in [0.15, 0.2) is 0 Å². The van der Waals surface area contributed by atoms with Crippen molar-refractivity contribution in [3.63, 3.8) is 0 Å². The van der Waals surface area contributed by atoms with E-state index in [4.69, 9.17) is 4.42 Å². The lowest BCUT2D eigenvalue weighted by atomic mass is 9.98. The molecule has 176 valence electrons. The van der Waals surface area contributed by atoms with Crippen molar-refractivity contribution in [2.45, 2.75) is 51.9 Å². The van der Waals surface area contributed by atoms with Gasteiger partial charge >= 0.3 is 0 Å². The first-order valence-electron chi connectivity index (χ1n) is 11.3. The smallest absolute Gasteiger partial charge is 0.247 e. The van der Waals surface area contributed by atoms with Crippen LogP contribution in [0.3, 0.4) is 0 Å². The average molecular weight is 460 g/mol. The van der Waals surface area contributed by atoms with E-state index in [1.165, 1.54) is 0 Å². The van der Waals surface area contributed by atoms with Gasteiger partial charge in [0.25, 0.3) is 0 Å². The number of rotatable bonds is 9. The van der Waals surface area contributed by atoms with Gasteiger partial charge in [0.05, 0.1) is 18.3 Å². The summed E-state index contributed by atoms with van der Waals surface area (Å²) in [4.78, 5) is 28.9. The molecule has 4 aromatic rings. The quantitative estimate of drug-likeness (QED) is 0.407. The zero-order valence-corrected chi connectivity index (χ0v) is 19.6. The van der Waals surface area contributed by atoms with Crippen molar-refractivity contribution in [2.24, 2.45) is 0 Å². The molecule has 2 aromatic heterocycles. The number of benzene rings is 2. The SMILES string of the molecule is CCC(C)(C)NC(=O)[C@@H](c1ccccc1)N(Cc1ccco1)C(=O)Cn1nnc2ccccc21. The molecule has 4 rings (SSSR count). The molecule has 0 fully saturated rings. The molecule has 34 heavy (non-hydrogen) atoms. The third-order valence-corrected chi connectivity index (χ3v) is 5.95. The van der Waals surface area contributed by atoms with Gasteiger partial charge in [-0.3, -0.25) is 9.59 Å². The van der Waals surface area contributed by atoms with Crippen LogP contribution in [0.25, 0.3) is 11.0 Å². The molecule has 8 heteroatoms. The van der Waals surface area contributed by atoms with E-state index in [9.17, 15) is 9.59 Å². The van der Waals surface area contributed by atoms with Crippen molar-refractivity contribution in [2.75, 3.05) is 0 Å². The number of carbonyl (C=O) groups is 2. The largest absolute Gasteiger partial charge is 0.467 e. The molecule has 2 aromatic carbocycles. The standard InChI is InChI=1S/C26H29N5O3/c1-4-26(2,3)27-25(33)24(19-11-6-5-7-12-19)30(17-20-13-10-16-34-20)23(32)18-31-22-15-9-8-14-21(22)28-29-31/h5-16,24H,4,17-18H2,1-3H3,(H,27,33)/t24-/m1/s1. The van der Waals surface area contributed by atoms with Crippen LogP contribution in [0.1, 0.15) is 44.6 Å². The van der Waals surface area contributed by atoms with Gasteiger partial charge in [-0.1, -0.05) is 54.6 Å². The van der Waals surface area contributed by atoms with Gasteiger partial charge in [0.1, 0.15) is 23.9 Å². The molecule has 0 unspecified atom stereocenters. The number of amides is 2. The van der Waals surface area contributed by atoms with Crippen LogP contribution in [-0.4, -0.2) is 37.2 Å². The normalized spacial score (nSPS) is 12.4. The monoisotopic (exact) mass is 459 g/mol. The Morgan fingerprint density at radius 2 is 1.79 bits per heavy atom. The number of nitrogens with zero attached hydrogens (tertiary/aromatic N) is 4. The highest BCUT2D eigenvalue weighted by Crippen LogP contribution is 2.26. The van der Waals surface area contributed by atoms with Gasteiger partial charge < -0.3 is 14.6 Å². The molecule has 0 saturated carbocycles. The summed E-state index contributed by atoms with van der Waals surface area (Å²) in [5.74, 6) is 0.0621. The first-order chi connectivity index (χ1) is 16.4. The lowest BCUT2D eigenvalue weighted by Crippen LogP contribution is -2.50. The molecule has 0 aliphatic rings. The second-order valence-electron chi connectivity index (χ2n) is 8.88. The minimum absolute atomic E-state index is 0.0605. The first-order valence-corrected chi connectivity index (χ1v) is 11.3. The molecular weight excluding hydrogens is 430 g/mol. The highest BCUT2D eigenvalue weighted by atomic mass is 16.3. The Morgan fingerprint density at radius 1 is 1.06 bits per heavy atom. The van der Waals surface area contributed by atoms with Crippen LogP contribution in [0, 0.1) is 0 Å². The highest BCUT2D eigenvalue weighted by Gasteiger charge is 2.34. The lowest BCUT2D eigenvalue weighted by Gasteiger charge is -2.34. The maximum absolute atomic E-state index is 13.8. The summed E-state index contributed by atoms with van der Waals surface area (Å²) in [5.41, 5.74) is 1.75. The number of nitrogens with one attached hydrogen (secondary N) is 1. The Bertz CT molecular complexity index is 1250. The van der Waals surface area contributed by atoms with Gasteiger partial charge in [-0.2, -0.15) is 0 Å². The fourth-order valence-electron chi connectivity index (χ4n) is 3.75. The van der Waals surface area contributed by atoms with Gasteiger partial charge in [0.2, 0.25) is 11.8 Å². The van der Waals surface area contributed by atoms with Gasteiger partial charge in [0, 0.05) is 5.54 Å². The summed E-state index contributed by atoms with van der Waals surface area (Å²) >= 11 is 0. The fourth-order valence-corrected chi connectivity index (χ4v) is 3.75. The summed E-state index contributed by atoms with van der Waals surface area (Å²) < 4.78 is 7.11. The zero-order valence-electron chi connectivity index (χ0n) is 19.6. The molecule has 0 radical (unpaired) electrons. The van der Waals surface area contributed by atoms with Crippen molar-refractivity contribution >= 4 is 22.8 Å². The number of para-hydroxylation sites is 1. The topological polar surface area (TPSA) is 93.3 Å². The van der Waals surface area contributed by atoms with Crippen molar-refractivity contribution in [1.82, 2.24) is 25.2 Å². The predicted octanol–water partition coefficient (Wildman–Crippen LogP) is 4.10. The fraction of sp³-hybridized carbons (Fsp3) is 0.308. The summed E-state index contributed by atoms with van der Waals surface area (Å²) in [5, 5.41) is 11.4. The Balaban J connectivity index is 1.72. The number of carbonyl (C=O) groups excluding carboxylic acids is 2. The van der Waals surface area contributed by atoms with Crippen molar-refractivity contribution < 1.29 is 14.0 Å². The first kappa shape index (κ1) is 23.2. The molecule has 1 N–H and O–H groups in total. The van der Waals surface area contributed by atoms with E-state index >= 15 is 0 Å². The van der Waals surface area contributed by atoms with Crippen LogP contribution in [0.15, 0.2) is 77.4 Å². The summed E-state index contributed by atoms with van der Waals surface area (Å²) in [6.45, 7) is 6.02.